The molecule has 1 aliphatic heterocycles. The Hall–Kier alpha value is -4.40. The number of fused-ring (bicyclic) bond motifs is 1. The maximum absolute atomic E-state index is 13.6. The predicted molar refractivity (Wildman–Crippen MR) is 131 cm³/mol. The summed E-state index contributed by atoms with van der Waals surface area (Å²) in [4.78, 5) is 31.1. The first-order valence-electron chi connectivity index (χ1n) is 12.1. The van der Waals surface area contributed by atoms with Crippen molar-refractivity contribution >= 4 is 11.8 Å². The molecule has 3 heterocycles. The van der Waals surface area contributed by atoms with E-state index in [0.717, 1.165) is 23.1 Å². The van der Waals surface area contributed by atoms with Crippen LogP contribution in [0.25, 0.3) is 0 Å². The number of amides is 2. The Kier molecular flexibility index (Phi) is 7.02. The van der Waals surface area contributed by atoms with Gasteiger partial charge in [-0.05, 0) is 59.5 Å². The first-order valence-corrected chi connectivity index (χ1v) is 12.1. The molecule has 2 amide bonds. The van der Waals surface area contributed by atoms with Crippen LogP contribution in [0.3, 0.4) is 0 Å². The van der Waals surface area contributed by atoms with Crippen LogP contribution in [-0.4, -0.2) is 28.2 Å². The first-order chi connectivity index (χ1) is 18.0. The molecule has 1 atom stereocenters. The van der Waals surface area contributed by atoms with E-state index in [9.17, 15) is 14.0 Å². The monoisotopic (exact) mass is 503 g/mol. The number of oxazole rings is 1. The number of halogens is 1. The van der Waals surface area contributed by atoms with Crippen molar-refractivity contribution in [3.8, 4) is 5.75 Å². The lowest BCUT2D eigenvalue weighted by atomic mass is 9.87. The summed E-state index contributed by atoms with van der Waals surface area (Å²) >= 11 is 0. The lowest BCUT2D eigenvalue weighted by Gasteiger charge is -2.38. The minimum atomic E-state index is -0.386. The number of hydrogen-bond donors (Lipinski definition) is 1. The van der Waals surface area contributed by atoms with Gasteiger partial charge >= 0.3 is 0 Å². The van der Waals surface area contributed by atoms with Crippen molar-refractivity contribution in [3.63, 3.8) is 0 Å². The highest BCUT2D eigenvalue weighted by atomic mass is 19.1. The van der Waals surface area contributed by atoms with Gasteiger partial charge in [-0.3, -0.25) is 9.59 Å². The van der Waals surface area contributed by atoms with Gasteiger partial charge in [0.2, 0.25) is 11.8 Å². The number of rotatable bonds is 8. The summed E-state index contributed by atoms with van der Waals surface area (Å²) in [6, 6.07) is 15.1. The van der Waals surface area contributed by atoms with Crippen LogP contribution in [0.5, 0.6) is 5.75 Å². The van der Waals surface area contributed by atoms with Gasteiger partial charge in [0.15, 0.2) is 12.3 Å². The molecule has 8 nitrogen and oxygen atoms in total. The van der Waals surface area contributed by atoms with Crippen LogP contribution in [0.4, 0.5) is 4.39 Å². The Bertz CT molecular complexity index is 1380. The Morgan fingerprint density at radius 2 is 2.00 bits per heavy atom. The predicted octanol–water partition coefficient (Wildman–Crippen LogP) is 4.80. The van der Waals surface area contributed by atoms with Gasteiger partial charge in [0, 0.05) is 13.0 Å². The number of carbonyl (C=O) groups excluding carboxylic acids is 2. The molecule has 0 radical (unpaired) electrons. The Morgan fingerprint density at radius 1 is 1.16 bits per heavy atom. The molecule has 1 N–H and O–H groups in total. The van der Waals surface area contributed by atoms with Crippen LogP contribution in [0.15, 0.2) is 76.0 Å². The van der Waals surface area contributed by atoms with E-state index in [1.54, 1.807) is 24.3 Å². The molecule has 2 aromatic heterocycles. The summed E-state index contributed by atoms with van der Waals surface area (Å²) in [6.07, 6.45) is 3.91. The van der Waals surface area contributed by atoms with E-state index in [1.165, 1.54) is 24.7 Å². The van der Waals surface area contributed by atoms with Crippen molar-refractivity contribution in [2.24, 2.45) is 0 Å². The minimum absolute atomic E-state index is 0.0169. The summed E-state index contributed by atoms with van der Waals surface area (Å²) in [5, 5.41) is 2.71. The van der Waals surface area contributed by atoms with Crippen molar-refractivity contribution < 1.29 is 27.6 Å². The Balaban J connectivity index is 1.31. The van der Waals surface area contributed by atoms with Crippen LogP contribution < -0.4 is 10.1 Å². The van der Waals surface area contributed by atoms with Gasteiger partial charge in [0.1, 0.15) is 23.6 Å². The number of nitrogens with one attached hydrogen (secondary N) is 1. The highest BCUT2D eigenvalue weighted by Gasteiger charge is 2.31. The number of nitrogens with zero attached hydrogens (tertiary/aromatic N) is 2. The molecule has 5 rings (SSSR count). The van der Waals surface area contributed by atoms with Gasteiger partial charge in [-0.15, -0.1) is 0 Å². The van der Waals surface area contributed by atoms with E-state index >= 15 is 0 Å². The number of benzene rings is 2. The van der Waals surface area contributed by atoms with Gasteiger partial charge in [0.25, 0.3) is 5.91 Å². The number of aromatic nitrogens is 1. The zero-order chi connectivity index (χ0) is 25.8. The van der Waals surface area contributed by atoms with Crippen LogP contribution in [-0.2, 0) is 24.4 Å². The molecule has 0 saturated heterocycles. The van der Waals surface area contributed by atoms with Crippen LogP contribution in [0, 0.1) is 5.82 Å². The highest BCUT2D eigenvalue weighted by Crippen LogP contribution is 2.37. The van der Waals surface area contributed by atoms with Crippen molar-refractivity contribution in [1.29, 1.82) is 0 Å². The van der Waals surface area contributed by atoms with Gasteiger partial charge in [-0.1, -0.05) is 25.1 Å². The molecule has 0 aliphatic carbocycles. The summed E-state index contributed by atoms with van der Waals surface area (Å²) < 4.78 is 30.2. The summed E-state index contributed by atoms with van der Waals surface area (Å²) in [6.45, 7) is 2.68. The summed E-state index contributed by atoms with van der Waals surface area (Å²) in [5.41, 5.74) is 3.01. The SMILES string of the molecule is CCC(=O)N1CCc2ccc(OCc3nc(C(=O)NCc4ccco4)co3)cc2[C@@H]1c1ccc(F)cc1. The molecule has 0 saturated carbocycles. The second kappa shape index (κ2) is 10.7. The number of carbonyl (C=O) groups is 2. The molecule has 2 aromatic carbocycles. The largest absolute Gasteiger partial charge is 0.484 e. The molecule has 0 bridgehead atoms. The zero-order valence-corrected chi connectivity index (χ0v) is 20.3. The van der Waals surface area contributed by atoms with Gasteiger partial charge in [-0.25, -0.2) is 9.37 Å². The van der Waals surface area contributed by atoms with E-state index in [1.807, 2.05) is 30.0 Å². The quantitative estimate of drug-likeness (QED) is 0.371. The number of hydrogen-bond acceptors (Lipinski definition) is 6. The average Bonchev–Trinajstić information content (AvgIpc) is 3.62. The maximum Gasteiger partial charge on any atom is 0.273 e. The smallest absolute Gasteiger partial charge is 0.273 e. The van der Waals surface area contributed by atoms with Crippen LogP contribution >= 0.6 is 0 Å². The zero-order valence-electron chi connectivity index (χ0n) is 20.3. The number of ether oxygens (including phenoxy) is 1. The molecular formula is C28H26FN3O5. The molecule has 190 valence electrons. The second-order valence-corrected chi connectivity index (χ2v) is 8.68. The van der Waals surface area contributed by atoms with Gasteiger partial charge in [0.05, 0.1) is 18.8 Å². The highest BCUT2D eigenvalue weighted by molar-refractivity contribution is 5.91. The summed E-state index contributed by atoms with van der Waals surface area (Å²) in [5.74, 6) is 0.764. The van der Waals surface area contributed by atoms with Crippen LogP contribution in [0.1, 0.15) is 58.2 Å². The molecule has 37 heavy (non-hydrogen) atoms. The Labute approximate surface area is 213 Å². The molecule has 0 spiro atoms. The fourth-order valence-corrected chi connectivity index (χ4v) is 4.46. The van der Waals surface area contributed by atoms with Gasteiger partial charge in [-0.2, -0.15) is 0 Å². The molecule has 4 aromatic rings. The fraction of sp³-hybridized carbons (Fsp3) is 0.250. The topological polar surface area (TPSA) is 97.8 Å². The van der Waals surface area contributed by atoms with E-state index < -0.39 is 0 Å². The van der Waals surface area contributed by atoms with Crippen molar-refractivity contribution in [2.75, 3.05) is 6.54 Å². The lowest BCUT2D eigenvalue weighted by Crippen LogP contribution is -2.40. The second-order valence-electron chi connectivity index (χ2n) is 8.68. The lowest BCUT2D eigenvalue weighted by molar-refractivity contribution is -0.132. The molecule has 1 aliphatic rings. The Morgan fingerprint density at radius 3 is 2.76 bits per heavy atom. The van der Waals surface area contributed by atoms with E-state index in [2.05, 4.69) is 10.3 Å². The van der Waals surface area contributed by atoms with Crippen molar-refractivity contribution in [2.45, 2.75) is 39.0 Å². The third-order valence-electron chi connectivity index (χ3n) is 6.30. The molecule has 0 unspecified atom stereocenters. The van der Waals surface area contributed by atoms with E-state index in [0.29, 0.717) is 24.5 Å². The van der Waals surface area contributed by atoms with Gasteiger partial charge < -0.3 is 23.8 Å². The van der Waals surface area contributed by atoms with E-state index in [-0.39, 0.29) is 48.4 Å². The molecule has 9 heteroatoms. The molecular weight excluding hydrogens is 477 g/mol. The maximum atomic E-state index is 13.6. The van der Waals surface area contributed by atoms with Crippen molar-refractivity contribution in [3.05, 3.63) is 107 Å². The van der Waals surface area contributed by atoms with Crippen molar-refractivity contribution in [1.82, 2.24) is 15.2 Å². The fourth-order valence-electron chi connectivity index (χ4n) is 4.46. The summed E-state index contributed by atoms with van der Waals surface area (Å²) in [7, 11) is 0. The normalized spacial score (nSPS) is 14.8. The minimum Gasteiger partial charge on any atom is -0.484 e. The average molecular weight is 504 g/mol. The van der Waals surface area contributed by atoms with E-state index in [4.69, 9.17) is 13.6 Å². The standard InChI is InChI=1S/C28H26FN3O5/c1-2-26(33)32-12-11-18-7-10-21(14-23(18)27(32)19-5-8-20(29)9-6-19)36-17-25-31-24(16-37-25)28(34)30-15-22-4-3-13-35-22/h3-10,13-14,16,27H,2,11-12,15,17H2,1H3,(H,30,34)/t27-/m0/s1. The van der Waals surface area contributed by atoms with Crippen LogP contribution in [0.2, 0.25) is 0 Å². The third-order valence-corrected chi connectivity index (χ3v) is 6.30. The number of furan rings is 1. The third kappa shape index (κ3) is 5.40. The molecule has 0 fully saturated rings. The first kappa shape index (κ1) is 24.3.